The van der Waals surface area contributed by atoms with Crippen LogP contribution in [0.1, 0.15) is 38.5 Å². The smallest absolute Gasteiger partial charge is 0.220 e. The van der Waals surface area contributed by atoms with Gasteiger partial charge in [-0.2, -0.15) is 0 Å². The number of amides is 1. The summed E-state index contributed by atoms with van der Waals surface area (Å²) in [6.45, 7) is 3.37. The molecule has 0 unspecified atom stereocenters. The molecular weight excluding hydrogens is 214 g/mol. The number of hydrogen-bond acceptors (Lipinski definition) is 3. The van der Waals surface area contributed by atoms with E-state index >= 15 is 0 Å². The molecule has 2 N–H and O–H groups in total. The lowest BCUT2D eigenvalue weighted by molar-refractivity contribution is -0.121. The fourth-order valence-corrected chi connectivity index (χ4v) is 2.30. The normalized spacial score (nSPS) is 22.6. The maximum absolute atomic E-state index is 11.4. The van der Waals surface area contributed by atoms with E-state index in [2.05, 4.69) is 22.6 Å². The Morgan fingerprint density at radius 3 is 2.53 bits per heavy atom. The summed E-state index contributed by atoms with van der Waals surface area (Å²) < 4.78 is 0. The average molecular weight is 239 g/mol. The molecule has 0 spiro atoms. The summed E-state index contributed by atoms with van der Waals surface area (Å²) in [7, 11) is 2.18. The first kappa shape index (κ1) is 12.8. The van der Waals surface area contributed by atoms with E-state index in [1.165, 1.54) is 38.8 Å². The van der Waals surface area contributed by atoms with Gasteiger partial charge in [0.2, 0.25) is 5.91 Å². The zero-order valence-electron chi connectivity index (χ0n) is 10.9. The van der Waals surface area contributed by atoms with Crippen LogP contribution >= 0.6 is 0 Å². The maximum atomic E-state index is 11.4. The second kappa shape index (κ2) is 6.36. The van der Waals surface area contributed by atoms with Crippen molar-refractivity contribution in [1.82, 2.24) is 15.5 Å². The molecule has 1 saturated carbocycles. The molecule has 0 aromatic rings. The largest absolute Gasteiger partial charge is 0.353 e. The summed E-state index contributed by atoms with van der Waals surface area (Å²) in [6, 6.07) is 1.17. The third-order valence-corrected chi connectivity index (χ3v) is 3.67. The van der Waals surface area contributed by atoms with Gasteiger partial charge in [0.1, 0.15) is 0 Å². The Morgan fingerprint density at radius 1 is 1.18 bits per heavy atom. The van der Waals surface area contributed by atoms with Gasteiger partial charge in [-0.05, 0) is 58.8 Å². The Kier molecular flexibility index (Phi) is 4.80. The molecule has 1 amide bonds. The molecular formula is C13H25N3O. The van der Waals surface area contributed by atoms with Crippen LogP contribution in [0.3, 0.4) is 0 Å². The van der Waals surface area contributed by atoms with E-state index in [4.69, 9.17) is 0 Å². The molecule has 0 radical (unpaired) electrons. The minimum absolute atomic E-state index is 0.234. The fraction of sp³-hybridized carbons (Fsp3) is 0.923. The lowest BCUT2D eigenvalue weighted by atomic mass is 10.1. The van der Waals surface area contributed by atoms with Crippen LogP contribution in [-0.2, 0) is 4.79 Å². The molecule has 0 bridgehead atoms. The van der Waals surface area contributed by atoms with Crippen molar-refractivity contribution in [3.8, 4) is 0 Å². The van der Waals surface area contributed by atoms with Crippen molar-refractivity contribution in [3.63, 3.8) is 0 Å². The molecule has 4 nitrogen and oxygen atoms in total. The number of nitrogens with zero attached hydrogens (tertiary/aromatic N) is 1. The molecule has 0 atom stereocenters. The lowest BCUT2D eigenvalue weighted by Gasteiger charge is -2.29. The van der Waals surface area contributed by atoms with Crippen molar-refractivity contribution in [2.24, 2.45) is 0 Å². The quantitative estimate of drug-likeness (QED) is 0.672. The first-order valence-electron chi connectivity index (χ1n) is 6.95. The van der Waals surface area contributed by atoms with Gasteiger partial charge in [0.25, 0.3) is 0 Å². The number of nitrogens with one attached hydrogen (secondary N) is 2. The lowest BCUT2D eigenvalue weighted by Crippen LogP contribution is -2.41. The number of carbonyl (C=O) groups is 1. The Labute approximate surface area is 104 Å². The summed E-state index contributed by atoms with van der Waals surface area (Å²) in [5.41, 5.74) is 0. The topological polar surface area (TPSA) is 44.4 Å². The third-order valence-electron chi connectivity index (χ3n) is 3.67. The summed E-state index contributed by atoms with van der Waals surface area (Å²) in [5.74, 6) is 0.234. The summed E-state index contributed by atoms with van der Waals surface area (Å²) in [5, 5.41) is 6.58. The van der Waals surface area contributed by atoms with Crippen LogP contribution in [0.4, 0.5) is 0 Å². The van der Waals surface area contributed by atoms with E-state index in [9.17, 15) is 4.79 Å². The van der Waals surface area contributed by atoms with Crippen molar-refractivity contribution >= 4 is 5.91 Å². The van der Waals surface area contributed by atoms with E-state index in [0.717, 1.165) is 13.0 Å². The monoisotopic (exact) mass is 239 g/mol. The predicted octanol–water partition coefficient (Wildman–Crippen LogP) is 0.729. The van der Waals surface area contributed by atoms with Gasteiger partial charge in [-0.25, -0.2) is 0 Å². The molecule has 1 aliphatic heterocycles. The van der Waals surface area contributed by atoms with Crippen molar-refractivity contribution in [1.29, 1.82) is 0 Å². The van der Waals surface area contributed by atoms with Gasteiger partial charge in [0.15, 0.2) is 0 Å². The number of carbonyl (C=O) groups excluding carboxylic acids is 1. The van der Waals surface area contributed by atoms with Gasteiger partial charge in [0.05, 0.1) is 0 Å². The first-order chi connectivity index (χ1) is 8.24. The van der Waals surface area contributed by atoms with Gasteiger partial charge in [-0.1, -0.05) is 0 Å². The van der Waals surface area contributed by atoms with Gasteiger partial charge >= 0.3 is 0 Å². The highest BCUT2D eigenvalue weighted by atomic mass is 16.1. The number of hydrogen-bond donors (Lipinski definition) is 2. The molecule has 0 aromatic heterocycles. The fourth-order valence-electron chi connectivity index (χ4n) is 2.30. The Balaban J connectivity index is 1.46. The number of piperidine rings is 1. The molecule has 1 heterocycles. The average Bonchev–Trinajstić information content (AvgIpc) is 3.11. The van der Waals surface area contributed by atoms with Crippen molar-refractivity contribution in [2.45, 2.75) is 50.6 Å². The second-order valence-corrected chi connectivity index (χ2v) is 5.48. The van der Waals surface area contributed by atoms with Gasteiger partial charge < -0.3 is 15.5 Å². The van der Waals surface area contributed by atoms with E-state index in [-0.39, 0.29) is 5.91 Å². The zero-order valence-corrected chi connectivity index (χ0v) is 10.9. The molecule has 1 saturated heterocycles. The highest BCUT2D eigenvalue weighted by Crippen LogP contribution is 2.18. The van der Waals surface area contributed by atoms with Gasteiger partial charge in [0, 0.05) is 18.5 Å². The molecule has 17 heavy (non-hydrogen) atoms. The molecule has 2 fully saturated rings. The van der Waals surface area contributed by atoms with Crippen LogP contribution in [0.5, 0.6) is 0 Å². The highest BCUT2D eigenvalue weighted by Gasteiger charge is 2.22. The first-order valence-corrected chi connectivity index (χ1v) is 6.95. The minimum atomic E-state index is 0.234. The molecule has 4 heteroatoms. The van der Waals surface area contributed by atoms with E-state index in [0.29, 0.717) is 18.5 Å². The second-order valence-electron chi connectivity index (χ2n) is 5.48. The van der Waals surface area contributed by atoms with Crippen molar-refractivity contribution in [3.05, 3.63) is 0 Å². The van der Waals surface area contributed by atoms with E-state index in [1.807, 2.05) is 0 Å². The summed E-state index contributed by atoms with van der Waals surface area (Å²) in [6.07, 6.45) is 6.48. The SMILES string of the molecule is CN1CCC(NCCCC(=O)NC2CC2)CC1. The Hall–Kier alpha value is -0.610. The molecule has 98 valence electrons. The molecule has 1 aliphatic carbocycles. The third kappa shape index (κ3) is 5.04. The number of likely N-dealkylation sites (tertiary alicyclic amines) is 1. The standard InChI is InChI=1S/C13H25N3O/c1-16-9-6-11(7-10-16)14-8-2-3-13(17)15-12-4-5-12/h11-12,14H,2-10H2,1H3,(H,15,17). The Bertz CT molecular complexity index is 245. The van der Waals surface area contributed by atoms with E-state index in [1.54, 1.807) is 0 Å². The van der Waals surface area contributed by atoms with Crippen molar-refractivity contribution in [2.75, 3.05) is 26.7 Å². The van der Waals surface area contributed by atoms with Crippen LogP contribution in [0, 0.1) is 0 Å². The van der Waals surface area contributed by atoms with Crippen LogP contribution < -0.4 is 10.6 Å². The summed E-state index contributed by atoms with van der Waals surface area (Å²) >= 11 is 0. The molecule has 2 rings (SSSR count). The van der Waals surface area contributed by atoms with Gasteiger partial charge in [-0.15, -0.1) is 0 Å². The minimum Gasteiger partial charge on any atom is -0.353 e. The van der Waals surface area contributed by atoms with Crippen molar-refractivity contribution < 1.29 is 4.79 Å². The van der Waals surface area contributed by atoms with Crippen LogP contribution in [-0.4, -0.2) is 49.6 Å². The van der Waals surface area contributed by atoms with Crippen LogP contribution in [0.15, 0.2) is 0 Å². The maximum Gasteiger partial charge on any atom is 0.220 e. The zero-order chi connectivity index (χ0) is 12.1. The predicted molar refractivity (Wildman–Crippen MR) is 68.9 cm³/mol. The summed E-state index contributed by atoms with van der Waals surface area (Å²) in [4.78, 5) is 13.8. The highest BCUT2D eigenvalue weighted by molar-refractivity contribution is 5.76. The van der Waals surface area contributed by atoms with Crippen LogP contribution in [0.25, 0.3) is 0 Å². The van der Waals surface area contributed by atoms with Gasteiger partial charge in [-0.3, -0.25) is 4.79 Å². The van der Waals surface area contributed by atoms with Crippen LogP contribution in [0.2, 0.25) is 0 Å². The molecule has 0 aromatic carbocycles. The number of rotatable bonds is 6. The molecule has 2 aliphatic rings. The van der Waals surface area contributed by atoms with E-state index < -0.39 is 0 Å². The Morgan fingerprint density at radius 2 is 1.88 bits per heavy atom.